The van der Waals surface area contributed by atoms with Crippen LogP contribution in [-0.4, -0.2) is 26.4 Å². The van der Waals surface area contributed by atoms with E-state index in [4.69, 9.17) is 23.2 Å². The molecule has 1 aromatic heterocycles. The third-order valence-electron chi connectivity index (χ3n) is 3.69. The van der Waals surface area contributed by atoms with Gasteiger partial charge >= 0.3 is 0 Å². The maximum Gasteiger partial charge on any atom is 0.230 e. The molecule has 5 nitrogen and oxygen atoms in total. The molecule has 1 amide bonds. The number of aryl methyl sites for hydroxylation is 1. The Balaban J connectivity index is 1.58. The van der Waals surface area contributed by atoms with Crippen LogP contribution in [0, 0.1) is 6.92 Å². The maximum absolute atomic E-state index is 12.1. The normalized spacial score (nSPS) is 10.7. The quantitative estimate of drug-likeness (QED) is 0.620. The van der Waals surface area contributed by atoms with E-state index < -0.39 is 0 Å². The van der Waals surface area contributed by atoms with E-state index in [2.05, 4.69) is 15.5 Å². The zero-order chi connectivity index (χ0) is 18.5. The molecule has 0 aliphatic heterocycles. The molecule has 0 bridgehead atoms. The smallest absolute Gasteiger partial charge is 0.230 e. The first-order valence-corrected chi connectivity index (χ1v) is 9.57. The minimum Gasteiger partial charge on any atom is -0.351 e. The lowest BCUT2D eigenvalue weighted by Crippen LogP contribution is -2.24. The number of benzene rings is 2. The summed E-state index contributed by atoms with van der Waals surface area (Å²) in [5.74, 6) is 0.160. The number of aromatic nitrogens is 3. The highest BCUT2D eigenvalue weighted by molar-refractivity contribution is 7.99. The summed E-state index contributed by atoms with van der Waals surface area (Å²) in [7, 11) is 0. The van der Waals surface area contributed by atoms with Gasteiger partial charge in [0.2, 0.25) is 5.91 Å². The maximum atomic E-state index is 12.1. The first-order valence-electron chi connectivity index (χ1n) is 7.83. The lowest BCUT2D eigenvalue weighted by Gasteiger charge is -2.08. The van der Waals surface area contributed by atoms with Gasteiger partial charge in [0.15, 0.2) is 5.16 Å². The topological polar surface area (TPSA) is 59.8 Å². The molecule has 0 fully saturated rings. The monoisotopic (exact) mass is 406 g/mol. The number of amides is 1. The molecule has 1 heterocycles. The van der Waals surface area contributed by atoms with Gasteiger partial charge in [-0.25, -0.2) is 0 Å². The van der Waals surface area contributed by atoms with Crippen molar-refractivity contribution >= 4 is 40.9 Å². The van der Waals surface area contributed by atoms with Crippen molar-refractivity contribution in [3.8, 4) is 5.69 Å². The average molecular weight is 407 g/mol. The first-order chi connectivity index (χ1) is 12.5. The molecule has 3 rings (SSSR count). The summed E-state index contributed by atoms with van der Waals surface area (Å²) in [6.45, 7) is 2.40. The molecule has 0 unspecified atom stereocenters. The van der Waals surface area contributed by atoms with Gasteiger partial charge in [0, 0.05) is 16.6 Å². The van der Waals surface area contributed by atoms with Crippen LogP contribution < -0.4 is 5.32 Å². The number of hydrogen-bond acceptors (Lipinski definition) is 4. The highest BCUT2D eigenvalue weighted by atomic mass is 35.5. The van der Waals surface area contributed by atoms with E-state index in [0.29, 0.717) is 21.7 Å². The van der Waals surface area contributed by atoms with E-state index in [1.807, 2.05) is 41.8 Å². The molecule has 0 saturated heterocycles. The molecule has 0 aliphatic carbocycles. The van der Waals surface area contributed by atoms with Crippen molar-refractivity contribution in [3.05, 3.63) is 70.0 Å². The second-order valence-corrected chi connectivity index (χ2v) is 7.40. The van der Waals surface area contributed by atoms with Gasteiger partial charge in [0.25, 0.3) is 0 Å². The van der Waals surface area contributed by atoms with E-state index in [-0.39, 0.29) is 11.7 Å². The third kappa shape index (κ3) is 4.78. The largest absolute Gasteiger partial charge is 0.351 e. The van der Waals surface area contributed by atoms with Crippen LogP contribution in [0.1, 0.15) is 11.1 Å². The first kappa shape index (κ1) is 18.8. The molecule has 8 heteroatoms. The summed E-state index contributed by atoms with van der Waals surface area (Å²) in [6, 6.07) is 13.1. The minimum atomic E-state index is -0.0820. The Hall–Kier alpha value is -2.02. The highest BCUT2D eigenvalue weighted by Gasteiger charge is 2.11. The lowest BCUT2D eigenvalue weighted by molar-refractivity contribution is -0.118. The van der Waals surface area contributed by atoms with Crippen molar-refractivity contribution in [2.75, 3.05) is 5.75 Å². The van der Waals surface area contributed by atoms with Gasteiger partial charge < -0.3 is 5.32 Å². The summed E-state index contributed by atoms with van der Waals surface area (Å²) in [5.41, 5.74) is 2.85. The summed E-state index contributed by atoms with van der Waals surface area (Å²) >= 11 is 13.4. The van der Waals surface area contributed by atoms with Crippen molar-refractivity contribution in [3.63, 3.8) is 0 Å². The fourth-order valence-corrected chi connectivity index (χ4v) is 3.28. The number of rotatable bonds is 6. The zero-order valence-electron chi connectivity index (χ0n) is 13.9. The van der Waals surface area contributed by atoms with Crippen molar-refractivity contribution in [1.82, 2.24) is 20.1 Å². The van der Waals surface area contributed by atoms with Gasteiger partial charge in [0.1, 0.15) is 6.33 Å². The van der Waals surface area contributed by atoms with Crippen LogP contribution in [0.15, 0.2) is 53.9 Å². The van der Waals surface area contributed by atoms with Gasteiger partial charge in [-0.1, -0.05) is 53.2 Å². The van der Waals surface area contributed by atoms with Gasteiger partial charge in [-0.2, -0.15) is 0 Å². The van der Waals surface area contributed by atoms with Gasteiger partial charge in [-0.15, -0.1) is 10.2 Å². The minimum absolute atomic E-state index is 0.0820. The fourth-order valence-electron chi connectivity index (χ4n) is 2.22. The number of thioether (sulfide) groups is 1. The van der Waals surface area contributed by atoms with E-state index in [0.717, 1.165) is 16.8 Å². The molecule has 0 aliphatic rings. The molecule has 2 aromatic carbocycles. The summed E-state index contributed by atoms with van der Waals surface area (Å²) in [5, 5.41) is 12.9. The standard InChI is InChI=1S/C18H16Cl2N4OS/c1-12-2-7-15(8-16(12)20)24-11-22-23-18(24)26-10-17(25)21-9-13-3-5-14(19)6-4-13/h2-8,11H,9-10H2,1H3,(H,21,25). The molecule has 26 heavy (non-hydrogen) atoms. The predicted molar refractivity (Wildman–Crippen MR) is 105 cm³/mol. The Kier molecular flexibility index (Phi) is 6.19. The molecule has 134 valence electrons. The number of hydrogen-bond donors (Lipinski definition) is 1. The Morgan fingerprint density at radius 3 is 2.69 bits per heavy atom. The highest BCUT2D eigenvalue weighted by Crippen LogP contribution is 2.23. The molecule has 3 aromatic rings. The van der Waals surface area contributed by atoms with Gasteiger partial charge in [-0.05, 0) is 42.3 Å². The van der Waals surface area contributed by atoms with Crippen molar-refractivity contribution in [2.24, 2.45) is 0 Å². The van der Waals surface area contributed by atoms with E-state index in [9.17, 15) is 4.79 Å². The molecular formula is C18H16Cl2N4OS. The summed E-state index contributed by atoms with van der Waals surface area (Å²) in [4.78, 5) is 12.1. The summed E-state index contributed by atoms with van der Waals surface area (Å²) in [6.07, 6.45) is 1.61. The molecule has 0 atom stereocenters. The number of carbonyl (C=O) groups is 1. The Bertz CT molecular complexity index is 912. The lowest BCUT2D eigenvalue weighted by atomic mass is 10.2. The second kappa shape index (κ2) is 8.58. The second-order valence-electron chi connectivity index (χ2n) is 5.61. The Morgan fingerprint density at radius 2 is 1.96 bits per heavy atom. The number of nitrogens with one attached hydrogen (secondary N) is 1. The van der Waals surface area contributed by atoms with Gasteiger partial charge in [0.05, 0.1) is 11.4 Å². The zero-order valence-corrected chi connectivity index (χ0v) is 16.3. The number of carbonyl (C=O) groups excluding carboxylic acids is 1. The van der Waals surface area contributed by atoms with E-state index >= 15 is 0 Å². The van der Waals surface area contributed by atoms with Crippen molar-refractivity contribution < 1.29 is 4.79 Å². The average Bonchev–Trinajstić information content (AvgIpc) is 3.10. The van der Waals surface area contributed by atoms with Crippen molar-refractivity contribution in [1.29, 1.82) is 0 Å². The van der Waals surface area contributed by atoms with Crippen LogP contribution >= 0.6 is 35.0 Å². The molecule has 1 N–H and O–H groups in total. The van der Waals surface area contributed by atoms with E-state index in [1.54, 1.807) is 18.5 Å². The predicted octanol–water partition coefficient (Wildman–Crippen LogP) is 4.29. The van der Waals surface area contributed by atoms with Crippen LogP contribution in [0.2, 0.25) is 10.0 Å². The van der Waals surface area contributed by atoms with Crippen molar-refractivity contribution in [2.45, 2.75) is 18.6 Å². The Labute approximate surface area is 165 Å². The molecule has 0 saturated carbocycles. The van der Waals surface area contributed by atoms with Gasteiger partial charge in [-0.3, -0.25) is 9.36 Å². The van der Waals surface area contributed by atoms with Crippen LogP contribution in [0.5, 0.6) is 0 Å². The SMILES string of the molecule is Cc1ccc(-n2cnnc2SCC(=O)NCc2ccc(Cl)cc2)cc1Cl. The summed E-state index contributed by atoms with van der Waals surface area (Å²) < 4.78 is 1.81. The van der Waals surface area contributed by atoms with Crippen LogP contribution in [0.4, 0.5) is 0 Å². The third-order valence-corrected chi connectivity index (χ3v) is 5.29. The molecular weight excluding hydrogens is 391 g/mol. The van der Waals surface area contributed by atoms with E-state index in [1.165, 1.54) is 11.8 Å². The molecule has 0 spiro atoms. The number of halogens is 2. The van der Waals surface area contributed by atoms with Crippen LogP contribution in [0.25, 0.3) is 5.69 Å². The fraction of sp³-hybridized carbons (Fsp3) is 0.167. The van der Waals surface area contributed by atoms with Crippen LogP contribution in [-0.2, 0) is 11.3 Å². The Morgan fingerprint density at radius 1 is 1.19 bits per heavy atom. The number of nitrogens with zero attached hydrogens (tertiary/aromatic N) is 3. The molecule has 0 radical (unpaired) electrons. The van der Waals surface area contributed by atoms with Crippen LogP contribution in [0.3, 0.4) is 0 Å².